The van der Waals surface area contributed by atoms with Gasteiger partial charge in [0.2, 0.25) is 15.9 Å². The first-order valence-electron chi connectivity index (χ1n) is 8.43. The summed E-state index contributed by atoms with van der Waals surface area (Å²) in [5.74, 6) is 0.835. The number of carbonyl (C=O) groups excluding carboxylic acids is 1. The van der Waals surface area contributed by atoms with Gasteiger partial charge in [0.1, 0.15) is 11.5 Å². The highest BCUT2D eigenvalue weighted by Gasteiger charge is 2.22. The van der Waals surface area contributed by atoms with Crippen molar-refractivity contribution in [3.05, 3.63) is 54.1 Å². The molecule has 0 fully saturated rings. The number of hydrogen-bond donors (Lipinski definition) is 1. The Hall–Kier alpha value is -2.58. The van der Waals surface area contributed by atoms with E-state index in [2.05, 4.69) is 5.32 Å². The molecule has 0 unspecified atom stereocenters. The lowest BCUT2D eigenvalue weighted by molar-refractivity contribution is -0.116. The van der Waals surface area contributed by atoms with Gasteiger partial charge in [-0.25, -0.2) is 8.42 Å². The Bertz CT molecular complexity index is 866. The molecule has 0 spiro atoms. The molecule has 27 heavy (non-hydrogen) atoms. The highest BCUT2D eigenvalue weighted by molar-refractivity contribution is 7.88. The van der Waals surface area contributed by atoms with Gasteiger partial charge >= 0.3 is 0 Å². The first kappa shape index (κ1) is 20.7. The van der Waals surface area contributed by atoms with E-state index in [1.807, 2.05) is 6.92 Å². The van der Waals surface area contributed by atoms with Crippen molar-refractivity contribution in [2.75, 3.05) is 31.8 Å². The third-order valence-corrected chi connectivity index (χ3v) is 4.97. The predicted octanol–water partition coefficient (Wildman–Crippen LogP) is 2.49. The summed E-state index contributed by atoms with van der Waals surface area (Å²) in [6, 6.07) is 14.0. The molecule has 0 aliphatic carbocycles. The molecule has 2 rings (SSSR count). The van der Waals surface area contributed by atoms with Gasteiger partial charge in [-0.15, -0.1) is 0 Å². The number of benzene rings is 2. The molecule has 1 N–H and O–H groups in total. The summed E-state index contributed by atoms with van der Waals surface area (Å²) in [7, 11) is -2.08. The fourth-order valence-electron chi connectivity index (χ4n) is 2.48. The van der Waals surface area contributed by atoms with Crippen molar-refractivity contribution in [2.45, 2.75) is 13.5 Å². The van der Waals surface area contributed by atoms with E-state index in [-0.39, 0.29) is 13.1 Å². The number of carbonyl (C=O) groups is 1. The van der Waals surface area contributed by atoms with Crippen molar-refractivity contribution >= 4 is 21.6 Å². The summed E-state index contributed by atoms with van der Waals surface area (Å²) in [6.07, 6.45) is 1.08. The molecule has 0 aromatic heterocycles. The highest BCUT2D eigenvalue weighted by Crippen LogP contribution is 2.21. The number of nitrogens with zero attached hydrogens (tertiary/aromatic N) is 1. The van der Waals surface area contributed by atoms with E-state index in [0.717, 1.165) is 10.6 Å². The van der Waals surface area contributed by atoms with E-state index in [4.69, 9.17) is 9.47 Å². The van der Waals surface area contributed by atoms with Crippen LogP contribution in [0, 0.1) is 0 Å². The van der Waals surface area contributed by atoms with Crippen LogP contribution in [0.1, 0.15) is 12.5 Å². The molecule has 0 aliphatic rings. The number of anilines is 1. The number of nitrogens with one attached hydrogen (secondary N) is 1. The van der Waals surface area contributed by atoms with Crippen molar-refractivity contribution in [3.63, 3.8) is 0 Å². The number of sulfonamides is 1. The molecule has 2 aromatic carbocycles. The highest BCUT2D eigenvalue weighted by atomic mass is 32.2. The average Bonchev–Trinajstić information content (AvgIpc) is 2.62. The van der Waals surface area contributed by atoms with Crippen molar-refractivity contribution in [1.82, 2.24) is 4.31 Å². The molecule has 0 aliphatic heterocycles. The normalized spacial score (nSPS) is 11.3. The van der Waals surface area contributed by atoms with Crippen molar-refractivity contribution in [3.8, 4) is 11.5 Å². The monoisotopic (exact) mass is 392 g/mol. The largest absolute Gasteiger partial charge is 0.496 e. The Labute approximate surface area is 160 Å². The smallest absolute Gasteiger partial charge is 0.239 e. The Morgan fingerprint density at radius 3 is 2.37 bits per heavy atom. The molecule has 7 nitrogen and oxygen atoms in total. The Morgan fingerprint density at radius 1 is 1.11 bits per heavy atom. The van der Waals surface area contributed by atoms with Gasteiger partial charge in [-0.05, 0) is 37.3 Å². The Balaban J connectivity index is 2.08. The number of methoxy groups -OCH3 is 1. The summed E-state index contributed by atoms with van der Waals surface area (Å²) in [6.45, 7) is 2.18. The van der Waals surface area contributed by atoms with E-state index < -0.39 is 15.9 Å². The van der Waals surface area contributed by atoms with E-state index in [9.17, 15) is 13.2 Å². The van der Waals surface area contributed by atoms with Gasteiger partial charge < -0.3 is 14.8 Å². The lowest BCUT2D eigenvalue weighted by atomic mass is 10.2. The molecule has 0 heterocycles. The predicted molar refractivity (Wildman–Crippen MR) is 104 cm³/mol. The first-order chi connectivity index (χ1) is 12.8. The molecule has 2 aromatic rings. The van der Waals surface area contributed by atoms with Crippen LogP contribution < -0.4 is 14.8 Å². The van der Waals surface area contributed by atoms with Crippen LogP contribution in [0.5, 0.6) is 11.5 Å². The Morgan fingerprint density at radius 2 is 1.78 bits per heavy atom. The summed E-state index contributed by atoms with van der Waals surface area (Å²) < 4.78 is 36.0. The van der Waals surface area contributed by atoms with Crippen LogP contribution in [0.25, 0.3) is 0 Å². The van der Waals surface area contributed by atoms with Crippen LogP contribution in [0.3, 0.4) is 0 Å². The third kappa shape index (κ3) is 6.26. The molecule has 0 saturated heterocycles. The topological polar surface area (TPSA) is 84.9 Å². The average molecular weight is 392 g/mol. The molecular weight excluding hydrogens is 368 g/mol. The van der Waals surface area contributed by atoms with Crippen LogP contribution in [0.4, 0.5) is 5.69 Å². The molecule has 0 bridgehead atoms. The van der Waals surface area contributed by atoms with Crippen LogP contribution in [-0.2, 0) is 21.4 Å². The minimum absolute atomic E-state index is 0.0412. The fraction of sp³-hybridized carbons (Fsp3) is 0.316. The third-order valence-electron chi connectivity index (χ3n) is 3.78. The van der Waals surface area contributed by atoms with Gasteiger partial charge in [-0.1, -0.05) is 18.2 Å². The number of hydrogen-bond acceptors (Lipinski definition) is 5. The summed E-state index contributed by atoms with van der Waals surface area (Å²) in [4.78, 5) is 12.3. The maximum absolute atomic E-state index is 12.3. The van der Waals surface area contributed by atoms with Gasteiger partial charge in [0, 0.05) is 17.8 Å². The quantitative estimate of drug-likeness (QED) is 0.709. The SMILES string of the molecule is CCOc1ccc(NC(=O)CN(Cc2ccccc2OC)S(C)(=O)=O)cc1. The summed E-state index contributed by atoms with van der Waals surface area (Å²) in [5, 5.41) is 2.70. The molecule has 0 radical (unpaired) electrons. The minimum Gasteiger partial charge on any atom is -0.496 e. The molecule has 0 saturated carbocycles. The van der Waals surface area contributed by atoms with Gasteiger partial charge in [0.15, 0.2) is 0 Å². The van der Waals surface area contributed by atoms with Gasteiger partial charge in [-0.2, -0.15) is 4.31 Å². The van der Waals surface area contributed by atoms with Crippen molar-refractivity contribution in [1.29, 1.82) is 0 Å². The van der Waals surface area contributed by atoms with Gasteiger partial charge in [-0.3, -0.25) is 4.79 Å². The molecule has 0 atom stereocenters. The van der Waals surface area contributed by atoms with Crippen LogP contribution in [-0.4, -0.2) is 45.1 Å². The lowest BCUT2D eigenvalue weighted by Gasteiger charge is -2.20. The van der Waals surface area contributed by atoms with Crippen molar-refractivity contribution < 1.29 is 22.7 Å². The second kappa shape index (κ2) is 9.38. The molecule has 8 heteroatoms. The van der Waals surface area contributed by atoms with Gasteiger partial charge in [0.05, 0.1) is 26.5 Å². The van der Waals surface area contributed by atoms with Gasteiger partial charge in [0.25, 0.3) is 0 Å². The molecular formula is C19H24N2O5S. The minimum atomic E-state index is -3.59. The van der Waals surface area contributed by atoms with Crippen LogP contribution in [0.2, 0.25) is 0 Å². The number of amides is 1. The van der Waals surface area contributed by atoms with E-state index >= 15 is 0 Å². The standard InChI is InChI=1S/C19H24N2O5S/c1-4-26-17-11-9-16(10-12-17)20-19(22)14-21(27(3,23)24)13-15-7-5-6-8-18(15)25-2/h5-12H,4,13-14H2,1-3H3,(H,20,22). The molecule has 146 valence electrons. The summed E-state index contributed by atoms with van der Waals surface area (Å²) in [5.41, 5.74) is 1.24. The zero-order valence-electron chi connectivity index (χ0n) is 15.6. The lowest BCUT2D eigenvalue weighted by Crippen LogP contribution is -2.37. The fourth-order valence-corrected chi connectivity index (χ4v) is 3.20. The van der Waals surface area contributed by atoms with Crippen LogP contribution >= 0.6 is 0 Å². The van der Waals surface area contributed by atoms with E-state index in [0.29, 0.717) is 29.4 Å². The second-order valence-electron chi connectivity index (χ2n) is 5.85. The molecule has 1 amide bonds. The van der Waals surface area contributed by atoms with E-state index in [1.165, 1.54) is 7.11 Å². The Kier molecular flexibility index (Phi) is 7.20. The number of para-hydroxylation sites is 1. The summed E-state index contributed by atoms with van der Waals surface area (Å²) >= 11 is 0. The maximum Gasteiger partial charge on any atom is 0.239 e. The zero-order chi connectivity index (χ0) is 19.9. The number of ether oxygens (including phenoxy) is 2. The second-order valence-corrected chi connectivity index (χ2v) is 7.83. The number of rotatable bonds is 9. The van der Waals surface area contributed by atoms with Crippen molar-refractivity contribution in [2.24, 2.45) is 0 Å². The first-order valence-corrected chi connectivity index (χ1v) is 10.3. The van der Waals surface area contributed by atoms with Crippen LogP contribution in [0.15, 0.2) is 48.5 Å². The zero-order valence-corrected chi connectivity index (χ0v) is 16.5. The van der Waals surface area contributed by atoms with E-state index in [1.54, 1.807) is 48.5 Å². The maximum atomic E-state index is 12.3.